The van der Waals surface area contributed by atoms with Gasteiger partial charge >= 0.3 is 0 Å². The third kappa shape index (κ3) is 2.75. The zero-order chi connectivity index (χ0) is 15.6. The van der Waals surface area contributed by atoms with Crippen LogP contribution in [0.3, 0.4) is 0 Å². The van der Waals surface area contributed by atoms with Gasteiger partial charge in [0.05, 0.1) is 0 Å². The second-order valence-corrected chi connectivity index (χ2v) is 4.94. The molecule has 0 bridgehead atoms. The maximum absolute atomic E-state index is 9.83. The van der Waals surface area contributed by atoms with Crippen LogP contribution in [0, 0.1) is 0 Å². The molecule has 0 saturated carbocycles. The van der Waals surface area contributed by atoms with Crippen molar-refractivity contribution in [1.82, 2.24) is 0 Å². The van der Waals surface area contributed by atoms with Crippen LogP contribution in [0.25, 0.3) is 22.3 Å². The van der Waals surface area contributed by atoms with Crippen molar-refractivity contribution in [2.45, 2.75) is 6.92 Å². The van der Waals surface area contributed by atoms with E-state index in [-0.39, 0.29) is 11.5 Å². The van der Waals surface area contributed by atoms with Gasteiger partial charge < -0.3 is 10.2 Å². The van der Waals surface area contributed by atoms with Crippen LogP contribution in [0.1, 0.15) is 18.1 Å². The molecule has 2 aromatic carbocycles. The summed E-state index contributed by atoms with van der Waals surface area (Å²) in [6, 6.07) is 10.8. The van der Waals surface area contributed by atoms with Crippen molar-refractivity contribution in [2.75, 3.05) is 0 Å². The zero-order valence-corrected chi connectivity index (χ0v) is 12.1. The van der Waals surface area contributed by atoms with Crippen LogP contribution in [-0.2, 0) is 0 Å². The summed E-state index contributed by atoms with van der Waals surface area (Å²) in [7, 11) is 0. The van der Waals surface area contributed by atoms with E-state index in [1.54, 1.807) is 12.1 Å². The number of allylic oxidation sites excluding steroid dienone is 3. The normalized spacial score (nSPS) is 10.1. The molecule has 0 aliphatic rings. The number of hydrogen-bond acceptors (Lipinski definition) is 2. The maximum Gasteiger partial charge on any atom is 0.158 e. The predicted molar refractivity (Wildman–Crippen MR) is 89.1 cm³/mol. The summed E-state index contributed by atoms with van der Waals surface area (Å²) in [5.74, 6) is -0.314. The standard InChI is InChI=1S/C19H18O2/c1-5-13(4)14-8-6-7-9-15(14)17-11-19(21)18(20)10-16(17)12(2)3/h5-11,20-21H,1-2,4H2,3H3. The third-order valence-electron chi connectivity index (χ3n) is 3.38. The molecule has 0 spiro atoms. The smallest absolute Gasteiger partial charge is 0.158 e. The lowest BCUT2D eigenvalue weighted by Gasteiger charge is -2.15. The van der Waals surface area contributed by atoms with E-state index in [1.807, 2.05) is 31.2 Å². The zero-order valence-electron chi connectivity index (χ0n) is 12.1. The molecule has 0 heterocycles. The second-order valence-electron chi connectivity index (χ2n) is 4.94. The molecule has 0 aromatic heterocycles. The minimum Gasteiger partial charge on any atom is -0.504 e. The molecule has 2 rings (SSSR count). The highest BCUT2D eigenvalue weighted by atomic mass is 16.3. The van der Waals surface area contributed by atoms with Gasteiger partial charge in [-0.1, -0.05) is 55.7 Å². The lowest BCUT2D eigenvalue weighted by Crippen LogP contribution is -1.92. The summed E-state index contributed by atoms with van der Waals surface area (Å²) >= 11 is 0. The van der Waals surface area contributed by atoms with Gasteiger partial charge in [0.2, 0.25) is 0 Å². The van der Waals surface area contributed by atoms with Gasteiger partial charge in [-0.15, -0.1) is 0 Å². The molecule has 106 valence electrons. The Bertz CT molecular complexity index is 739. The van der Waals surface area contributed by atoms with E-state index < -0.39 is 0 Å². The minimum absolute atomic E-state index is 0.156. The molecular formula is C19H18O2. The number of phenols is 2. The van der Waals surface area contributed by atoms with Crippen LogP contribution >= 0.6 is 0 Å². The van der Waals surface area contributed by atoms with Gasteiger partial charge in [0.1, 0.15) is 0 Å². The highest BCUT2D eigenvalue weighted by Gasteiger charge is 2.14. The SMILES string of the molecule is C=CC(=C)c1ccccc1-c1cc(O)c(O)cc1C(=C)C. The Kier molecular flexibility index (Phi) is 3.99. The summed E-state index contributed by atoms with van der Waals surface area (Å²) in [5, 5.41) is 19.6. The Morgan fingerprint density at radius 3 is 2.19 bits per heavy atom. The number of hydrogen-bond donors (Lipinski definition) is 2. The van der Waals surface area contributed by atoms with Crippen LogP contribution in [-0.4, -0.2) is 10.2 Å². The maximum atomic E-state index is 9.83. The van der Waals surface area contributed by atoms with Crippen LogP contribution < -0.4 is 0 Å². The van der Waals surface area contributed by atoms with Crippen molar-refractivity contribution in [3.05, 3.63) is 73.3 Å². The molecule has 0 amide bonds. The fourth-order valence-electron chi connectivity index (χ4n) is 2.26. The molecule has 0 unspecified atom stereocenters. The quantitative estimate of drug-likeness (QED) is 0.610. The fourth-order valence-corrected chi connectivity index (χ4v) is 2.26. The van der Waals surface area contributed by atoms with Crippen molar-refractivity contribution in [2.24, 2.45) is 0 Å². The Morgan fingerprint density at radius 1 is 0.952 bits per heavy atom. The second kappa shape index (κ2) is 5.71. The highest BCUT2D eigenvalue weighted by Crippen LogP contribution is 2.39. The monoisotopic (exact) mass is 278 g/mol. The summed E-state index contributed by atoms with van der Waals surface area (Å²) in [5.41, 5.74) is 5.03. The number of aromatic hydroxyl groups is 2. The molecule has 0 aliphatic carbocycles. The third-order valence-corrected chi connectivity index (χ3v) is 3.38. The van der Waals surface area contributed by atoms with E-state index in [0.29, 0.717) is 0 Å². The van der Waals surface area contributed by atoms with Gasteiger partial charge in [0.25, 0.3) is 0 Å². The van der Waals surface area contributed by atoms with Gasteiger partial charge in [0, 0.05) is 0 Å². The average molecular weight is 278 g/mol. The Morgan fingerprint density at radius 2 is 1.57 bits per heavy atom. The van der Waals surface area contributed by atoms with Gasteiger partial charge in [0.15, 0.2) is 11.5 Å². The number of rotatable bonds is 4. The average Bonchev–Trinajstić information content (AvgIpc) is 2.48. The minimum atomic E-state index is -0.158. The molecule has 21 heavy (non-hydrogen) atoms. The first kappa shape index (κ1) is 14.7. The highest BCUT2D eigenvalue weighted by molar-refractivity contribution is 5.90. The van der Waals surface area contributed by atoms with Crippen molar-refractivity contribution in [3.8, 4) is 22.6 Å². The van der Waals surface area contributed by atoms with E-state index in [9.17, 15) is 10.2 Å². The Balaban J connectivity index is 2.78. The largest absolute Gasteiger partial charge is 0.504 e. The van der Waals surface area contributed by atoms with Crippen LogP contribution in [0.2, 0.25) is 0 Å². The van der Waals surface area contributed by atoms with Gasteiger partial charge in [-0.3, -0.25) is 0 Å². The van der Waals surface area contributed by atoms with Gasteiger partial charge in [-0.25, -0.2) is 0 Å². The van der Waals surface area contributed by atoms with Crippen molar-refractivity contribution < 1.29 is 10.2 Å². The topological polar surface area (TPSA) is 40.5 Å². The Hall–Kier alpha value is -2.74. The molecule has 0 radical (unpaired) electrons. The van der Waals surface area contributed by atoms with Crippen LogP contribution in [0.15, 0.2) is 62.2 Å². The van der Waals surface area contributed by atoms with E-state index in [0.717, 1.165) is 33.4 Å². The first-order valence-corrected chi connectivity index (χ1v) is 6.58. The van der Waals surface area contributed by atoms with Crippen LogP contribution in [0.4, 0.5) is 0 Å². The summed E-state index contributed by atoms with van der Waals surface area (Å²) in [6.45, 7) is 13.5. The molecule has 0 atom stereocenters. The molecular weight excluding hydrogens is 260 g/mol. The van der Waals surface area contributed by atoms with Crippen molar-refractivity contribution in [1.29, 1.82) is 0 Å². The predicted octanol–water partition coefficient (Wildman–Crippen LogP) is 5.00. The van der Waals surface area contributed by atoms with E-state index >= 15 is 0 Å². The molecule has 0 fully saturated rings. The van der Waals surface area contributed by atoms with E-state index in [1.165, 1.54) is 6.07 Å². The molecule has 2 nitrogen and oxygen atoms in total. The molecule has 2 heteroatoms. The first-order valence-electron chi connectivity index (χ1n) is 6.58. The van der Waals surface area contributed by atoms with Crippen LogP contribution in [0.5, 0.6) is 11.5 Å². The van der Waals surface area contributed by atoms with Gasteiger partial charge in [-0.2, -0.15) is 0 Å². The molecule has 2 N–H and O–H groups in total. The number of benzene rings is 2. The van der Waals surface area contributed by atoms with E-state index in [4.69, 9.17) is 0 Å². The van der Waals surface area contributed by atoms with Crippen molar-refractivity contribution in [3.63, 3.8) is 0 Å². The lowest BCUT2D eigenvalue weighted by atomic mass is 9.90. The first-order chi connectivity index (χ1) is 9.95. The molecule has 0 aliphatic heterocycles. The van der Waals surface area contributed by atoms with Gasteiger partial charge in [-0.05, 0) is 46.9 Å². The lowest BCUT2D eigenvalue weighted by molar-refractivity contribution is 0.404. The van der Waals surface area contributed by atoms with E-state index in [2.05, 4.69) is 19.7 Å². The Labute approximate surface area is 125 Å². The fraction of sp³-hybridized carbons (Fsp3) is 0.0526. The molecule has 0 saturated heterocycles. The summed E-state index contributed by atoms with van der Waals surface area (Å²) in [4.78, 5) is 0. The number of phenolic OH excluding ortho intramolecular Hbond substituents is 2. The molecule has 2 aromatic rings. The summed E-state index contributed by atoms with van der Waals surface area (Å²) in [6.07, 6.45) is 1.69. The van der Waals surface area contributed by atoms with Crippen molar-refractivity contribution >= 4 is 11.1 Å². The summed E-state index contributed by atoms with van der Waals surface area (Å²) < 4.78 is 0.